The smallest absolute Gasteiger partial charge is 0.226 e. The molecule has 23 heavy (non-hydrogen) atoms. The predicted octanol–water partition coefficient (Wildman–Crippen LogP) is 2.02. The van der Waals surface area contributed by atoms with E-state index < -0.39 is 0 Å². The number of likely N-dealkylation sites (tertiary alicyclic amines) is 1. The van der Waals surface area contributed by atoms with E-state index in [9.17, 15) is 4.79 Å². The number of fused-ring (bicyclic) bond motifs is 1. The number of carbonyl (C=O) groups is 1. The topological polar surface area (TPSA) is 58.4 Å². The van der Waals surface area contributed by atoms with Crippen LogP contribution in [0.2, 0.25) is 0 Å². The molecule has 3 aliphatic rings. The summed E-state index contributed by atoms with van der Waals surface area (Å²) in [7, 11) is 0. The van der Waals surface area contributed by atoms with E-state index in [0.29, 0.717) is 36.1 Å². The Labute approximate surface area is 137 Å². The van der Waals surface area contributed by atoms with Gasteiger partial charge in [0, 0.05) is 36.8 Å². The van der Waals surface area contributed by atoms with Gasteiger partial charge in [0.05, 0.1) is 13.2 Å². The van der Waals surface area contributed by atoms with E-state index in [0.717, 1.165) is 25.9 Å². The Morgan fingerprint density at radius 1 is 1.17 bits per heavy atom. The average Bonchev–Trinajstić information content (AvgIpc) is 3.14. The fraction of sp³-hybridized carbons (Fsp3) is 0.778. The summed E-state index contributed by atoms with van der Waals surface area (Å²) < 4.78 is 1.91. The average molecular weight is 317 g/mol. The third kappa shape index (κ3) is 2.80. The summed E-state index contributed by atoms with van der Waals surface area (Å²) in [6.07, 6.45) is 9.05. The van der Waals surface area contributed by atoms with Crippen LogP contribution in [-0.4, -0.2) is 45.4 Å². The van der Waals surface area contributed by atoms with Crippen LogP contribution in [-0.2, 0) is 11.3 Å². The Morgan fingerprint density at radius 3 is 2.52 bits per heavy atom. The molecule has 2 aliphatic carbocycles. The summed E-state index contributed by atoms with van der Waals surface area (Å²) in [5, 5.41) is 13.4. The van der Waals surface area contributed by atoms with Gasteiger partial charge in [0.2, 0.25) is 5.91 Å². The van der Waals surface area contributed by atoms with Gasteiger partial charge in [0.25, 0.3) is 0 Å². The third-order valence-electron chi connectivity index (χ3n) is 6.23. The van der Waals surface area contributed by atoms with Crippen molar-refractivity contribution in [2.75, 3.05) is 19.7 Å². The molecule has 3 fully saturated rings. The summed E-state index contributed by atoms with van der Waals surface area (Å²) in [4.78, 5) is 14.9. The summed E-state index contributed by atoms with van der Waals surface area (Å²) in [5.41, 5.74) is 1.21. The van der Waals surface area contributed by atoms with Crippen LogP contribution in [0.3, 0.4) is 0 Å². The highest BCUT2D eigenvalue weighted by molar-refractivity contribution is 5.82. The molecule has 4 rings (SSSR count). The van der Waals surface area contributed by atoms with E-state index in [4.69, 9.17) is 5.11 Å². The van der Waals surface area contributed by atoms with E-state index in [-0.39, 0.29) is 6.61 Å². The van der Waals surface area contributed by atoms with Crippen molar-refractivity contribution < 1.29 is 9.90 Å². The molecule has 5 nitrogen and oxygen atoms in total. The highest BCUT2D eigenvalue weighted by Crippen LogP contribution is 2.56. The second kappa shape index (κ2) is 6.27. The van der Waals surface area contributed by atoms with Crippen molar-refractivity contribution >= 4 is 5.91 Å². The number of hydrogen-bond donors (Lipinski definition) is 1. The van der Waals surface area contributed by atoms with E-state index in [1.54, 1.807) is 0 Å². The summed E-state index contributed by atoms with van der Waals surface area (Å²) >= 11 is 0. The highest BCUT2D eigenvalue weighted by atomic mass is 16.3. The number of nitrogens with zero attached hydrogens (tertiary/aromatic N) is 3. The zero-order valence-electron chi connectivity index (χ0n) is 13.7. The zero-order chi connectivity index (χ0) is 15.8. The number of carbonyl (C=O) groups excluding carboxylic acids is 1. The monoisotopic (exact) mass is 317 g/mol. The normalized spacial score (nSPS) is 31.0. The molecule has 1 aliphatic heterocycles. The molecule has 0 bridgehead atoms. The predicted molar refractivity (Wildman–Crippen MR) is 86.8 cm³/mol. The fourth-order valence-corrected chi connectivity index (χ4v) is 4.94. The number of hydrogen-bond acceptors (Lipinski definition) is 3. The van der Waals surface area contributed by atoms with Crippen molar-refractivity contribution in [2.24, 2.45) is 17.8 Å². The number of aliphatic hydroxyl groups excluding tert-OH is 1. The van der Waals surface area contributed by atoms with E-state index >= 15 is 0 Å². The summed E-state index contributed by atoms with van der Waals surface area (Å²) in [5.74, 6) is 2.67. The maximum atomic E-state index is 12.8. The van der Waals surface area contributed by atoms with Gasteiger partial charge in [-0.3, -0.25) is 9.48 Å². The second-order valence-corrected chi connectivity index (χ2v) is 7.44. The number of amides is 1. The Kier molecular flexibility index (Phi) is 4.14. The molecule has 1 aromatic rings. The summed E-state index contributed by atoms with van der Waals surface area (Å²) in [6, 6.07) is 2.06. The molecule has 126 valence electrons. The second-order valence-electron chi connectivity index (χ2n) is 7.44. The molecule has 0 spiro atoms. The van der Waals surface area contributed by atoms with Crippen LogP contribution >= 0.6 is 0 Å². The Bertz CT molecular complexity index is 550. The van der Waals surface area contributed by atoms with Crippen LogP contribution in [0.5, 0.6) is 0 Å². The molecule has 2 saturated carbocycles. The quantitative estimate of drug-likeness (QED) is 0.924. The van der Waals surface area contributed by atoms with Crippen molar-refractivity contribution in [3.63, 3.8) is 0 Å². The fourth-order valence-electron chi connectivity index (χ4n) is 4.94. The first-order valence-corrected chi connectivity index (χ1v) is 9.21. The lowest BCUT2D eigenvalue weighted by molar-refractivity contribution is -0.134. The van der Waals surface area contributed by atoms with Crippen LogP contribution in [0.25, 0.3) is 0 Å². The maximum Gasteiger partial charge on any atom is 0.226 e. The van der Waals surface area contributed by atoms with Gasteiger partial charge < -0.3 is 10.0 Å². The minimum absolute atomic E-state index is 0.121. The maximum absolute atomic E-state index is 12.8. The lowest BCUT2D eigenvalue weighted by Crippen LogP contribution is -2.39. The van der Waals surface area contributed by atoms with Crippen LogP contribution in [0.15, 0.2) is 12.3 Å². The van der Waals surface area contributed by atoms with Crippen LogP contribution < -0.4 is 0 Å². The van der Waals surface area contributed by atoms with Gasteiger partial charge in [0.15, 0.2) is 0 Å². The Balaban J connectivity index is 1.34. The van der Waals surface area contributed by atoms with Crippen molar-refractivity contribution in [1.82, 2.24) is 14.7 Å². The molecule has 1 amide bonds. The lowest BCUT2D eigenvalue weighted by atomic mass is 9.93. The standard InChI is InChI=1S/C18H27N3O2/c22-12-11-21-16(5-8-19-21)13-6-9-20(10-7-13)18(23)17-14-3-1-2-4-15(14)17/h5,8,13-15,17,22H,1-4,6-7,9-12H2. The molecule has 0 aromatic carbocycles. The minimum atomic E-state index is 0.121. The van der Waals surface area contributed by atoms with Gasteiger partial charge in [-0.2, -0.15) is 5.10 Å². The Morgan fingerprint density at radius 2 is 1.87 bits per heavy atom. The van der Waals surface area contributed by atoms with Crippen molar-refractivity contribution in [2.45, 2.75) is 51.0 Å². The number of rotatable bonds is 4. The van der Waals surface area contributed by atoms with Gasteiger partial charge in [-0.15, -0.1) is 0 Å². The lowest BCUT2D eigenvalue weighted by Gasteiger charge is -2.32. The first-order valence-electron chi connectivity index (χ1n) is 9.21. The molecular formula is C18H27N3O2. The highest BCUT2D eigenvalue weighted by Gasteiger charge is 2.55. The molecule has 2 unspecified atom stereocenters. The van der Waals surface area contributed by atoms with Gasteiger partial charge in [-0.05, 0) is 43.6 Å². The zero-order valence-corrected chi connectivity index (χ0v) is 13.7. The summed E-state index contributed by atoms with van der Waals surface area (Å²) in [6.45, 7) is 2.44. The first kappa shape index (κ1) is 15.2. The molecule has 1 saturated heterocycles. The molecule has 1 aromatic heterocycles. The molecule has 5 heteroatoms. The Hall–Kier alpha value is -1.36. The van der Waals surface area contributed by atoms with Gasteiger partial charge in [-0.1, -0.05) is 12.8 Å². The number of aliphatic hydroxyl groups is 1. The van der Waals surface area contributed by atoms with Gasteiger partial charge in [0.1, 0.15) is 0 Å². The number of piperidine rings is 1. The van der Waals surface area contributed by atoms with Crippen molar-refractivity contribution in [1.29, 1.82) is 0 Å². The molecule has 2 atom stereocenters. The molecular weight excluding hydrogens is 290 g/mol. The van der Waals surface area contributed by atoms with Crippen LogP contribution in [0, 0.1) is 17.8 Å². The van der Waals surface area contributed by atoms with Crippen molar-refractivity contribution in [3.8, 4) is 0 Å². The third-order valence-corrected chi connectivity index (χ3v) is 6.23. The minimum Gasteiger partial charge on any atom is -0.394 e. The van der Waals surface area contributed by atoms with E-state index in [2.05, 4.69) is 16.1 Å². The van der Waals surface area contributed by atoms with Gasteiger partial charge >= 0.3 is 0 Å². The van der Waals surface area contributed by atoms with Crippen LogP contribution in [0.1, 0.15) is 50.1 Å². The largest absolute Gasteiger partial charge is 0.394 e. The molecule has 2 heterocycles. The van der Waals surface area contributed by atoms with E-state index in [1.165, 1.54) is 31.4 Å². The van der Waals surface area contributed by atoms with Gasteiger partial charge in [-0.25, -0.2) is 0 Å². The molecule has 1 N–H and O–H groups in total. The van der Waals surface area contributed by atoms with Crippen molar-refractivity contribution in [3.05, 3.63) is 18.0 Å². The first-order chi connectivity index (χ1) is 11.3. The SMILES string of the molecule is O=C(C1C2CCCCC21)N1CCC(c2ccnn2CCO)CC1. The van der Waals surface area contributed by atoms with Crippen LogP contribution in [0.4, 0.5) is 0 Å². The van der Waals surface area contributed by atoms with E-state index in [1.807, 2.05) is 10.9 Å². The molecule has 0 radical (unpaired) electrons. The number of aromatic nitrogens is 2.